The van der Waals surface area contributed by atoms with Crippen molar-refractivity contribution < 1.29 is 9.59 Å². The van der Waals surface area contributed by atoms with Gasteiger partial charge in [-0.15, -0.1) is 23.1 Å². The number of carbonyl (C=O) groups excluding carboxylic acids is 2. The number of halogens is 1. The van der Waals surface area contributed by atoms with Gasteiger partial charge in [0.2, 0.25) is 5.91 Å². The van der Waals surface area contributed by atoms with Crippen LogP contribution in [-0.2, 0) is 4.79 Å². The van der Waals surface area contributed by atoms with E-state index in [0.29, 0.717) is 15.6 Å². The number of benzene rings is 2. The highest BCUT2D eigenvalue weighted by Crippen LogP contribution is 2.28. The zero-order valence-corrected chi connectivity index (χ0v) is 16.8. The lowest BCUT2D eigenvalue weighted by Gasteiger charge is -2.07. The number of thioether (sulfide) groups is 1. The summed E-state index contributed by atoms with van der Waals surface area (Å²) in [6, 6.07) is 16.9. The second-order valence-electron chi connectivity index (χ2n) is 5.52. The lowest BCUT2D eigenvalue weighted by molar-refractivity contribution is -0.119. The summed E-state index contributed by atoms with van der Waals surface area (Å²) in [7, 11) is 0. The van der Waals surface area contributed by atoms with Gasteiger partial charge < -0.3 is 0 Å². The predicted molar refractivity (Wildman–Crippen MR) is 110 cm³/mol. The second-order valence-corrected chi connectivity index (χ2v) is 7.94. The lowest BCUT2D eigenvalue weighted by atomic mass is 10.2. The minimum absolute atomic E-state index is 0.140. The van der Waals surface area contributed by atoms with Gasteiger partial charge in [0, 0.05) is 10.5 Å². The molecule has 2 amide bonds. The number of nitrogens with zero attached hydrogens (tertiary/aromatic N) is 1. The Balaban J connectivity index is 1.55. The van der Waals surface area contributed by atoms with E-state index in [1.807, 2.05) is 48.5 Å². The summed E-state index contributed by atoms with van der Waals surface area (Å²) in [6.45, 7) is 1.77. The smallest absolute Gasteiger partial charge is 0.272 e. The van der Waals surface area contributed by atoms with Crippen LogP contribution < -0.4 is 10.9 Å². The highest BCUT2D eigenvalue weighted by atomic mass is 35.5. The maximum atomic E-state index is 12.4. The van der Waals surface area contributed by atoms with Crippen molar-refractivity contribution >= 4 is 46.5 Å². The van der Waals surface area contributed by atoms with Crippen LogP contribution in [0.4, 0.5) is 0 Å². The quantitative estimate of drug-likeness (QED) is 0.479. The lowest BCUT2D eigenvalue weighted by Crippen LogP contribution is -2.42. The summed E-state index contributed by atoms with van der Waals surface area (Å²) in [4.78, 5) is 30.1. The molecule has 1 aromatic heterocycles. The van der Waals surface area contributed by atoms with E-state index in [1.165, 1.54) is 23.1 Å². The Bertz CT molecular complexity index is 961. The molecule has 0 bridgehead atoms. The molecular weight excluding hydrogens is 402 g/mol. The standard InChI is InChI=1S/C19H16ClN3O2S2/c1-12-17(27-19(21-12)13-7-3-2-4-8-13)18(25)23-22-16(24)11-26-15-10-6-5-9-14(15)20/h2-10H,11H2,1H3,(H,22,24)(H,23,25). The van der Waals surface area contributed by atoms with Gasteiger partial charge in [-0.25, -0.2) is 4.98 Å². The third-order valence-electron chi connectivity index (χ3n) is 3.53. The molecule has 3 aromatic rings. The molecule has 0 aliphatic carbocycles. The van der Waals surface area contributed by atoms with Gasteiger partial charge in [0.15, 0.2) is 0 Å². The third-order valence-corrected chi connectivity index (χ3v) is 6.25. The number of hydrazine groups is 1. The van der Waals surface area contributed by atoms with E-state index >= 15 is 0 Å². The molecule has 2 aromatic carbocycles. The van der Waals surface area contributed by atoms with Crippen molar-refractivity contribution in [3.8, 4) is 10.6 Å². The van der Waals surface area contributed by atoms with Crippen molar-refractivity contribution in [1.82, 2.24) is 15.8 Å². The van der Waals surface area contributed by atoms with Crippen molar-refractivity contribution in [3.05, 3.63) is 70.2 Å². The SMILES string of the molecule is Cc1nc(-c2ccccc2)sc1C(=O)NNC(=O)CSc1ccccc1Cl. The maximum absolute atomic E-state index is 12.4. The van der Waals surface area contributed by atoms with E-state index in [1.54, 1.807) is 13.0 Å². The van der Waals surface area contributed by atoms with Crippen molar-refractivity contribution in [2.45, 2.75) is 11.8 Å². The fraction of sp³-hybridized carbons (Fsp3) is 0.105. The number of aromatic nitrogens is 1. The molecule has 8 heteroatoms. The first-order valence-electron chi connectivity index (χ1n) is 8.04. The number of hydrogen-bond acceptors (Lipinski definition) is 5. The van der Waals surface area contributed by atoms with E-state index in [4.69, 9.17) is 11.6 Å². The van der Waals surface area contributed by atoms with Crippen LogP contribution in [0.2, 0.25) is 5.02 Å². The summed E-state index contributed by atoms with van der Waals surface area (Å²) in [5, 5.41) is 1.35. The van der Waals surface area contributed by atoms with Crippen molar-refractivity contribution in [3.63, 3.8) is 0 Å². The number of aryl methyl sites for hydroxylation is 1. The summed E-state index contributed by atoms with van der Waals surface area (Å²) in [6.07, 6.45) is 0. The summed E-state index contributed by atoms with van der Waals surface area (Å²) in [5.41, 5.74) is 6.43. The van der Waals surface area contributed by atoms with Gasteiger partial charge >= 0.3 is 0 Å². The average molecular weight is 418 g/mol. The van der Waals surface area contributed by atoms with Crippen LogP contribution in [0, 0.1) is 6.92 Å². The molecule has 0 saturated carbocycles. The molecule has 0 saturated heterocycles. The number of carbonyl (C=O) groups is 2. The Morgan fingerprint density at radius 1 is 1.07 bits per heavy atom. The van der Waals surface area contributed by atoms with E-state index in [-0.39, 0.29) is 17.6 Å². The van der Waals surface area contributed by atoms with E-state index in [9.17, 15) is 9.59 Å². The first kappa shape index (κ1) is 19.4. The van der Waals surface area contributed by atoms with Gasteiger partial charge in [-0.1, -0.05) is 54.1 Å². The van der Waals surface area contributed by atoms with Crippen LogP contribution in [0.3, 0.4) is 0 Å². The van der Waals surface area contributed by atoms with Gasteiger partial charge in [0.05, 0.1) is 16.5 Å². The Kier molecular flexibility index (Phi) is 6.49. The molecule has 0 aliphatic rings. The van der Waals surface area contributed by atoms with Crippen LogP contribution in [0.15, 0.2) is 59.5 Å². The van der Waals surface area contributed by atoms with Gasteiger partial charge in [-0.05, 0) is 19.1 Å². The highest BCUT2D eigenvalue weighted by Gasteiger charge is 2.17. The number of amides is 2. The van der Waals surface area contributed by atoms with Crippen LogP contribution in [0.5, 0.6) is 0 Å². The molecule has 3 rings (SSSR count). The van der Waals surface area contributed by atoms with E-state index in [0.717, 1.165) is 15.5 Å². The largest absolute Gasteiger partial charge is 0.281 e. The molecule has 27 heavy (non-hydrogen) atoms. The van der Waals surface area contributed by atoms with E-state index in [2.05, 4.69) is 15.8 Å². The fourth-order valence-corrected chi connectivity index (χ4v) is 4.24. The minimum Gasteiger partial charge on any atom is -0.272 e. The Morgan fingerprint density at radius 2 is 1.78 bits per heavy atom. The predicted octanol–water partition coefficient (Wildman–Crippen LogP) is 4.33. The topological polar surface area (TPSA) is 71.1 Å². The van der Waals surface area contributed by atoms with E-state index < -0.39 is 0 Å². The molecule has 0 spiro atoms. The molecule has 0 unspecified atom stereocenters. The third kappa shape index (κ3) is 5.09. The van der Waals surface area contributed by atoms with Gasteiger partial charge in [0.1, 0.15) is 9.88 Å². The molecule has 5 nitrogen and oxygen atoms in total. The Labute approximate surface area is 170 Å². The van der Waals surface area contributed by atoms with Crippen LogP contribution in [-0.4, -0.2) is 22.6 Å². The molecule has 138 valence electrons. The number of thiazole rings is 1. The summed E-state index contributed by atoms with van der Waals surface area (Å²) < 4.78 is 0. The zero-order chi connectivity index (χ0) is 19.2. The Morgan fingerprint density at radius 3 is 2.52 bits per heavy atom. The molecular formula is C19H16ClN3O2S2. The van der Waals surface area contributed by atoms with Crippen molar-refractivity contribution in [2.24, 2.45) is 0 Å². The fourth-order valence-electron chi connectivity index (χ4n) is 2.24. The van der Waals surface area contributed by atoms with Crippen LogP contribution >= 0.6 is 34.7 Å². The van der Waals surface area contributed by atoms with Gasteiger partial charge in [-0.3, -0.25) is 20.4 Å². The second kappa shape index (κ2) is 9.03. The molecule has 1 heterocycles. The molecule has 0 fully saturated rings. The van der Waals surface area contributed by atoms with Crippen LogP contribution in [0.1, 0.15) is 15.4 Å². The molecule has 0 radical (unpaired) electrons. The first-order valence-corrected chi connectivity index (χ1v) is 10.2. The van der Waals surface area contributed by atoms with Gasteiger partial charge in [-0.2, -0.15) is 0 Å². The molecule has 0 atom stereocenters. The Hall–Kier alpha value is -2.35. The average Bonchev–Trinajstić information content (AvgIpc) is 3.08. The van der Waals surface area contributed by atoms with Crippen molar-refractivity contribution in [2.75, 3.05) is 5.75 Å². The van der Waals surface area contributed by atoms with Gasteiger partial charge in [0.25, 0.3) is 5.91 Å². The zero-order valence-electron chi connectivity index (χ0n) is 14.4. The number of rotatable bonds is 5. The summed E-state index contributed by atoms with van der Waals surface area (Å²) in [5.74, 6) is -0.567. The minimum atomic E-state index is -0.386. The van der Waals surface area contributed by atoms with Crippen molar-refractivity contribution in [1.29, 1.82) is 0 Å². The number of nitrogens with one attached hydrogen (secondary N) is 2. The maximum Gasteiger partial charge on any atom is 0.281 e. The monoisotopic (exact) mass is 417 g/mol. The first-order chi connectivity index (χ1) is 13.0. The summed E-state index contributed by atoms with van der Waals surface area (Å²) >= 11 is 8.65. The molecule has 2 N–H and O–H groups in total. The highest BCUT2D eigenvalue weighted by molar-refractivity contribution is 8.00. The normalized spacial score (nSPS) is 10.4. The van der Waals surface area contributed by atoms with Crippen LogP contribution in [0.25, 0.3) is 10.6 Å². The molecule has 0 aliphatic heterocycles. The number of hydrogen-bond donors (Lipinski definition) is 2.